The van der Waals surface area contributed by atoms with Crippen molar-refractivity contribution in [1.29, 1.82) is 0 Å². The van der Waals surface area contributed by atoms with Crippen LogP contribution in [-0.2, 0) is 12.8 Å². The van der Waals surface area contributed by atoms with Crippen LogP contribution >= 0.6 is 0 Å². The topological polar surface area (TPSA) is 67.0 Å². The van der Waals surface area contributed by atoms with E-state index in [1.165, 1.54) is 22.1 Å². The Morgan fingerprint density at radius 2 is 1.78 bits per heavy atom. The van der Waals surface area contributed by atoms with E-state index in [1.54, 1.807) is 7.11 Å². The number of fused-ring (bicyclic) bond motifs is 4. The Balaban J connectivity index is 1.22. The van der Waals surface area contributed by atoms with Gasteiger partial charge in [-0.15, -0.1) is 0 Å². The summed E-state index contributed by atoms with van der Waals surface area (Å²) in [5.41, 5.74) is 8.42. The largest absolute Gasteiger partial charge is 0.497 e. The summed E-state index contributed by atoms with van der Waals surface area (Å²) in [6.45, 7) is 2.03. The number of rotatable bonds is 5. The first-order chi connectivity index (χ1) is 17.6. The summed E-state index contributed by atoms with van der Waals surface area (Å²) in [5.74, 6) is 0.787. The predicted octanol–water partition coefficient (Wildman–Crippen LogP) is 6.50. The second kappa shape index (κ2) is 9.00. The molecule has 0 spiro atoms. The highest BCUT2D eigenvalue weighted by Crippen LogP contribution is 2.38. The summed E-state index contributed by atoms with van der Waals surface area (Å²) < 4.78 is 5.38. The van der Waals surface area contributed by atoms with Gasteiger partial charge in [0.15, 0.2) is 0 Å². The third-order valence-electron chi connectivity index (χ3n) is 7.15. The van der Waals surface area contributed by atoms with E-state index in [0.29, 0.717) is 5.56 Å². The van der Waals surface area contributed by atoms with E-state index in [2.05, 4.69) is 51.9 Å². The molecule has 5 nitrogen and oxygen atoms in total. The van der Waals surface area contributed by atoms with E-state index < -0.39 is 0 Å². The number of nitrogens with zero attached hydrogens (tertiary/aromatic N) is 1. The van der Waals surface area contributed by atoms with Gasteiger partial charge in [-0.05, 0) is 72.0 Å². The van der Waals surface area contributed by atoms with Crippen molar-refractivity contribution >= 4 is 16.7 Å². The molecule has 2 N–H and O–H groups in total. The van der Waals surface area contributed by atoms with E-state index in [1.807, 2.05) is 55.5 Å². The van der Waals surface area contributed by atoms with Gasteiger partial charge >= 0.3 is 0 Å². The average Bonchev–Trinajstić information content (AvgIpc) is 3.37. The molecule has 0 bridgehead atoms. The van der Waals surface area contributed by atoms with Crippen molar-refractivity contribution in [3.05, 3.63) is 107 Å². The number of carbonyl (C=O) groups is 1. The molecule has 0 saturated heterocycles. The van der Waals surface area contributed by atoms with Crippen molar-refractivity contribution in [2.24, 2.45) is 0 Å². The second-order valence-corrected chi connectivity index (χ2v) is 9.29. The molecule has 0 aliphatic heterocycles. The standard InChI is InChI=1S/C31H27N3O2/c1-19(25-9-5-7-20-6-3-4-8-26(20)25)32-31(35)22-12-10-21(11-13-22)29-28-16-14-23-18-24(36-2)15-17-27(23)30(28)34-33-29/h3-13,15,17-19H,14,16H2,1-2H3,(H,32,35)(H,33,34)/t19-/m1/s1. The van der Waals surface area contributed by atoms with Crippen LogP contribution in [-0.4, -0.2) is 23.2 Å². The van der Waals surface area contributed by atoms with Crippen LogP contribution in [0.2, 0.25) is 0 Å². The third kappa shape index (κ3) is 3.83. The Morgan fingerprint density at radius 1 is 0.972 bits per heavy atom. The summed E-state index contributed by atoms with van der Waals surface area (Å²) in [5, 5.41) is 13.4. The minimum absolute atomic E-state index is 0.0890. The van der Waals surface area contributed by atoms with E-state index in [4.69, 9.17) is 4.74 Å². The molecule has 1 heterocycles. The zero-order chi connectivity index (χ0) is 24.6. The lowest BCUT2D eigenvalue weighted by Gasteiger charge is -2.18. The maximum atomic E-state index is 13.0. The summed E-state index contributed by atoms with van der Waals surface area (Å²) in [4.78, 5) is 13.0. The number of aryl methyl sites for hydroxylation is 1. The molecule has 1 amide bonds. The highest BCUT2D eigenvalue weighted by atomic mass is 16.5. The Morgan fingerprint density at radius 3 is 2.61 bits per heavy atom. The molecule has 0 unspecified atom stereocenters. The molecule has 5 heteroatoms. The number of hydrogen-bond acceptors (Lipinski definition) is 3. The first kappa shape index (κ1) is 22.1. The molecule has 0 saturated carbocycles. The lowest BCUT2D eigenvalue weighted by molar-refractivity contribution is 0.0940. The number of carbonyl (C=O) groups excluding carboxylic acids is 1. The summed E-state index contributed by atoms with van der Waals surface area (Å²) in [6.07, 6.45) is 1.85. The van der Waals surface area contributed by atoms with Gasteiger partial charge < -0.3 is 10.1 Å². The Bertz CT molecular complexity index is 1580. The number of aromatic nitrogens is 2. The summed E-state index contributed by atoms with van der Waals surface area (Å²) in [6, 6.07) is 28.3. The SMILES string of the molecule is COc1ccc2c(c1)CCc1c(-c3ccc(C(=O)N[C@H](C)c4cccc5ccccc45)cc3)n[nH]c1-2. The van der Waals surface area contributed by atoms with Gasteiger partial charge in [0.2, 0.25) is 0 Å². The van der Waals surface area contributed by atoms with Crippen LogP contribution in [0, 0.1) is 0 Å². The number of hydrogen-bond donors (Lipinski definition) is 2. The number of benzene rings is 4. The summed E-state index contributed by atoms with van der Waals surface area (Å²) in [7, 11) is 1.69. The van der Waals surface area contributed by atoms with Crippen molar-refractivity contribution in [3.8, 4) is 28.3 Å². The molecule has 0 fully saturated rings. The highest BCUT2D eigenvalue weighted by Gasteiger charge is 2.23. The second-order valence-electron chi connectivity index (χ2n) is 9.29. The molecule has 1 aliphatic carbocycles. The van der Waals surface area contributed by atoms with Crippen LogP contribution < -0.4 is 10.1 Å². The molecule has 6 rings (SSSR count). The summed E-state index contributed by atoms with van der Waals surface area (Å²) >= 11 is 0. The minimum atomic E-state index is -0.111. The maximum absolute atomic E-state index is 13.0. The number of nitrogens with one attached hydrogen (secondary N) is 2. The number of methoxy groups -OCH3 is 1. The Labute approximate surface area is 210 Å². The fraction of sp³-hybridized carbons (Fsp3) is 0.161. The Hall–Kier alpha value is -4.38. The van der Waals surface area contributed by atoms with Crippen molar-refractivity contribution in [2.75, 3.05) is 7.11 Å². The van der Waals surface area contributed by atoms with Crippen LogP contribution in [0.4, 0.5) is 0 Å². The molecular weight excluding hydrogens is 446 g/mol. The van der Waals surface area contributed by atoms with Crippen molar-refractivity contribution < 1.29 is 9.53 Å². The van der Waals surface area contributed by atoms with Crippen LogP contribution in [0.15, 0.2) is 84.9 Å². The first-order valence-electron chi connectivity index (χ1n) is 12.3. The van der Waals surface area contributed by atoms with Crippen LogP contribution in [0.25, 0.3) is 33.3 Å². The quantitative estimate of drug-likeness (QED) is 0.306. The smallest absolute Gasteiger partial charge is 0.251 e. The lowest BCUT2D eigenvalue weighted by atomic mass is 9.87. The molecule has 1 aliphatic rings. The van der Waals surface area contributed by atoms with E-state index in [9.17, 15) is 4.79 Å². The number of ether oxygens (including phenoxy) is 1. The van der Waals surface area contributed by atoms with Gasteiger partial charge in [-0.25, -0.2) is 0 Å². The number of H-pyrrole nitrogens is 1. The zero-order valence-electron chi connectivity index (χ0n) is 20.3. The van der Waals surface area contributed by atoms with Gasteiger partial charge in [0.05, 0.1) is 24.5 Å². The van der Waals surface area contributed by atoms with Crippen molar-refractivity contribution in [3.63, 3.8) is 0 Å². The van der Waals surface area contributed by atoms with Gasteiger partial charge in [0.25, 0.3) is 5.91 Å². The van der Waals surface area contributed by atoms with Crippen LogP contribution in [0.3, 0.4) is 0 Å². The van der Waals surface area contributed by atoms with Crippen molar-refractivity contribution in [1.82, 2.24) is 15.5 Å². The van der Waals surface area contributed by atoms with Gasteiger partial charge in [-0.2, -0.15) is 5.10 Å². The molecule has 5 aromatic rings. The van der Waals surface area contributed by atoms with Gasteiger partial charge in [0.1, 0.15) is 5.75 Å². The van der Waals surface area contributed by atoms with E-state index in [-0.39, 0.29) is 11.9 Å². The molecule has 1 aromatic heterocycles. The highest BCUT2D eigenvalue weighted by molar-refractivity contribution is 5.95. The average molecular weight is 474 g/mol. The third-order valence-corrected chi connectivity index (χ3v) is 7.15. The minimum Gasteiger partial charge on any atom is -0.497 e. The molecule has 1 atom stereocenters. The van der Waals surface area contributed by atoms with E-state index in [0.717, 1.165) is 46.5 Å². The van der Waals surface area contributed by atoms with Gasteiger partial charge in [0, 0.05) is 22.3 Å². The normalized spacial score (nSPS) is 13.1. The Kier molecular flexibility index (Phi) is 5.53. The number of aromatic amines is 1. The fourth-order valence-corrected chi connectivity index (χ4v) is 5.24. The zero-order valence-corrected chi connectivity index (χ0v) is 20.3. The van der Waals surface area contributed by atoms with Gasteiger partial charge in [-0.1, -0.05) is 54.6 Å². The van der Waals surface area contributed by atoms with E-state index >= 15 is 0 Å². The molecule has 4 aromatic carbocycles. The first-order valence-corrected chi connectivity index (χ1v) is 12.3. The van der Waals surface area contributed by atoms with Crippen LogP contribution in [0.5, 0.6) is 5.75 Å². The molecular formula is C31H27N3O2. The van der Waals surface area contributed by atoms with Crippen molar-refractivity contribution in [2.45, 2.75) is 25.8 Å². The predicted molar refractivity (Wildman–Crippen MR) is 143 cm³/mol. The van der Waals surface area contributed by atoms with Gasteiger partial charge in [-0.3, -0.25) is 9.89 Å². The van der Waals surface area contributed by atoms with Crippen LogP contribution in [0.1, 0.15) is 40.0 Å². The molecule has 178 valence electrons. The number of amides is 1. The maximum Gasteiger partial charge on any atom is 0.251 e. The fourth-order valence-electron chi connectivity index (χ4n) is 5.24. The molecule has 36 heavy (non-hydrogen) atoms. The monoisotopic (exact) mass is 473 g/mol. The lowest BCUT2D eigenvalue weighted by Crippen LogP contribution is -2.26. The molecule has 0 radical (unpaired) electrons.